The van der Waals surface area contributed by atoms with Crippen molar-refractivity contribution in [2.75, 3.05) is 19.0 Å². The number of rotatable bonds is 8. The lowest BCUT2D eigenvalue weighted by Crippen LogP contribution is -2.32. The predicted octanol–water partition coefficient (Wildman–Crippen LogP) is 1.78. The van der Waals surface area contributed by atoms with E-state index in [0.717, 1.165) is 4.90 Å². The van der Waals surface area contributed by atoms with Gasteiger partial charge in [-0.1, -0.05) is 6.92 Å². The molecule has 33 heavy (non-hydrogen) atoms. The number of imide groups is 1. The minimum Gasteiger partial charge on any atom is -0.452 e. The Morgan fingerprint density at radius 3 is 2.30 bits per heavy atom. The molecule has 0 saturated heterocycles. The highest BCUT2D eigenvalue weighted by Gasteiger charge is 2.32. The van der Waals surface area contributed by atoms with Crippen LogP contribution in [0.3, 0.4) is 0 Å². The normalized spacial score (nSPS) is 14.1. The molecule has 0 fully saturated rings. The summed E-state index contributed by atoms with van der Waals surface area (Å²) >= 11 is 0. The van der Waals surface area contributed by atoms with E-state index in [1.165, 1.54) is 49.5 Å². The third kappa shape index (κ3) is 5.26. The van der Waals surface area contributed by atoms with Crippen molar-refractivity contribution in [1.29, 1.82) is 0 Å². The van der Waals surface area contributed by atoms with Gasteiger partial charge in [0.1, 0.15) is 0 Å². The van der Waals surface area contributed by atoms with Crippen molar-refractivity contribution in [1.82, 2.24) is 9.62 Å². The first kappa shape index (κ1) is 24.1. The lowest BCUT2D eigenvalue weighted by atomic mass is 10.1. The molecule has 1 atom stereocenters. The third-order valence-corrected chi connectivity index (χ3v) is 6.68. The van der Waals surface area contributed by atoms with Gasteiger partial charge in [0.25, 0.3) is 17.7 Å². The van der Waals surface area contributed by atoms with Gasteiger partial charge in [-0.3, -0.25) is 19.3 Å². The highest BCUT2D eigenvalue weighted by atomic mass is 32.2. The van der Waals surface area contributed by atoms with E-state index in [0.29, 0.717) is 6.42 Å². The Bertz CT molecular complexity index is 1220. The monoisotopic (exact) mass is 473 g/mol. The molecule has 10 nitrogen and oxygen atoms in total. The maximum Gasteiger partial charge on any atom is 0.338 e. The van der Waals surface area contributed by atoms with Gasteiger partial charge in [-0.05, 0) is 55.8 Å². The summed E-state index contributed by atoms with van der Waals surface area (Å²) in [6.07, 6.45) is 0.628. The molecule has 11 heteroatoms. The van der Waals surface area contributed by atoms with E-state index in [9.17, 15) is 27.6 Å². The summed E-state index contributed by atoms with van der Waals surface area (Å²) < 4.78 is 32.0. The number of nitrogens with zero attached hydrogens (tertiary/aromatic N) is 1. The molecule has 2 aromatic carbocycles. The zero-order chi connectivity index (χ0) is 24.3. The first-order valence-corrected chi connectivity index (χ1v) is 11.6. The Morgan fingerprint density at radius 1 is 1.03 bits per heavy atom. The fourth-order valence-electron chi connectivity index (χ4n) is 3.04. The molecule has 3 rings (SSSR count). The predicted molar refractivity (Wildman–Crippen MR) is 118 cm³/mol. The van der Waals surface area contributed by atoms with Crippen LogP contribution >= 0.6 is 0 Å². The van der Waals surface area contributed by atoms with Gasteiger partial charge in [0.05, 0.1) is 21.6 Å². The average molecular weight is 474 g/mol. The molecule has 0 spiro atoms. The third-order valence-electron chi connectivity index (χ3n) is 5.08. The number of sulfonamides is 1. The van der Waals surface area contributed by atoms with E-state index in [-0.39, 0.29) is 33.3 Å². The first-order chi connectivity index (χ1) is 15.5. The Hall–Kier alpha value is -3.57. The molecule has 2 N–H and O–H groups in total. The summed E-state index contributed by atoms with van der Waals surface area (Å²) in [4.78, 5) is 49.3. The van der Waals surface area contributed by atoms with Crippen LogP contribution in [0.15, 0.2) is 47.4 Å². The van der Waals surface area contributed by atoms with Gasteiger partial charge in [0.2, 0.25) is 10.0 Å². The van der Waals surface area contributed by atoms with E-state index in [2.05, 4.69) is 10.0 Å². The number of hydrogen-bond donors (Lipinski definition) is 2. The van der Waals surface area contributed by atoms with Crippen LogP contribution in [-0.4, -0.2) is 56.7 Å². The van der Waals surface area contributed by atoms with E-state index >= 15 is 0 Å². The SMILES string of the molecule is CCC(C)NS(=O)(=O)c1ccc(C(=O)OCC(=O)Nc2ccc3c(c2)C(=O)N(C)C3=O)cc1. The number of benzene rings is 2. The van der Waals surface area contributed by atoms with Crippen LogP contribution in [0, 0.1) is 0 Å². The van der Waals surface area contributed by atoms with Crippen LogP contribution in [0.5, 0.6) is 0 Å². The maximum atomic E-state index is 12.3. The van der Waals surface area contributed by atoms with Crippen LogP contribution in [0.1, 0.15) is 51.3 Å². The Morgan fingerprint density at radius 2 is 1.67 bits per heavy atom. The van der Waals surface area contributed by atoms with E-state index in [4.69, 9.17) is 4.74 Å². The molecule has 1 unspecified atom stereocenters. The van der Waals surface area contributed by atoms with Crippen LogP contribution in [0.25, 0.3) is 0 Å². The van der Waals surface area contributed by atoms with E-state index < -0.39 is 40.3 Å². The van der Waals surface area contributed by atoms with Crippen molar-refractivity contribution in [3.05, 3.63) is 59.2 Å². The topological polar surface area (TPSA) is 139 Å². The standard InChI is InChI=1S/C22H23N3O7S/c1-4-13(2)24-33(30,31)16-8-5-14(6-9-16)22(29)32-12-19(26)23-15-7-10-17-18(11-15)21(28)25(3)20(17)27/h5-11,13,24H,4,12H2,1-3H3,(H,23,26). The van der Waals surface area contributed by atoms with Crippen molar-refractivity contribution in [3.8, 4) is 0 Å². The molecule has 0 radical (unpaired) electrons. The number of hydrogen-bond acceptors (Lipinski definition) is 7. The fraction of sp³-hybridized carbons (Fsp3) is 0.273. The first-order valence-electron chi connectivity index (χ1n) is 10.1. The second-order valence-corrected chi connectivity index (χ2v) is 9.22. The summed E-state index contributed by atoms with van der Waals surface area (Å²) in [5, 5.41) is 2.50. The molecule has 174 valence electrons. The minimum absolute atomic E-state index is 0.00683. The molecule has 3 amide bonds. The van der Waals surface area contributed by atoms with Crippen LogP contribution in [-0.2, 0) is 19.6 Å². The van der Waals surface area contributed by atoms with Gasteiger partial charge in [-0.15, -0.1) is 0 Å². The van der Waals surface area contributed by atoms with E-state index in [1.807, 2.05) is 6.92 Å². The number of amides is 3. The minimum atomic E-state index is -3.70. The number of carbonyl (C=O) groups is 4. The Balaban J connectivity index is 1.57. The Kier molecular flexibility index (Phi) is 6.94. The number of esters is 1. The zero-order valence-corrected chi connectivity index (χ0v) is 19.1. The number of carbonyl (C=O) groups excluding carboxylic acids is 4. The quantitative estimate of drug-likeness (QED) is 0.440. The summed E-state index contributed by atoms with van der Waals surface area (Å²) in [7, 11) is -2.34. The van der Waals surface area contributed by atoms with Gasteiger partial charge in [-0.2, -0.15) is 0 Å². The van der Waals surface area contributed by atoms with Gasteiger partial charge in [-0.25, -0.2) is 17.9 Å². The molecule has 0 saturated carbocycles. The molecule has 0 aliphatic carbocycles. The van der Waals surface area contributed by atoms with Gasteiger partial charge >= 0.3 is 5.97 Å². The number of anilines is 1. The maximum absolute atomic E-state index is 12.3. The van der Waals surface area contributed by atoms with Gasteiger partial charge in [0.15, 0.2) is 6.61 Å². The molecule has 1 aliphatic heterocycles. The zero-order valence-electron chi connectivity index (χ0n) is 18.2. The van der Waals surface area contributed by atoms with Crippen LogP contribution in [0.4, 0.5) is 5.69 Å². The highest BCUT2D eigenvalue weighted by Crippen LogP contribution is 2.24. The molecule has 1 aliphatic rings. The smallest absolute Gasteiger partial charge is 0.338 e. The lowest BCUT2D eigenvalue weighted by molar-refractivity contribution is -0.119. The summed E-state index contributed by atoms with van der Waals surface area (Å²) in [5.74, 6) is -2.34. The van der Waals surface area contributed by atoms with Gasteiger partial charge in [0, 0.05) is 18.8 Å². The van der Waals surface area contributed by atoms with Crippen molar-refractivity contribution < 1.29 is 32.3 Å². The van der Waals surface area contributed by atoms with Crippen molar-refractivity contribution in [2.45, 2.75) is 31.2 Å². The molecular weight excluding hydrogens is 450 g/mol. The van der Waals surface area contributed by atoms with Crippen molar-refractivity contribution >= 4 is 39.4 Å². The summed E-state index contributed by atoms with van der Waals surface area (Å²) in [6.45, 7) is 3.00. The van der Waals surface area contributed by atoms with E-state index in [1.54, 1.807) is 6.92 Å². The number of fused-ring (bicyclic) bond motifs is 1. The lowest BCUT2D eigenvalue weighted by Gasteiger charge is -2.12. The van der Waals surface area contributed by atoms with Crippen molar-refractivity contribution in [3.63, 3.8) is 0 Å². The average Bonchev–Trinajstić information content (AvgIpc) is 3.00. The van der Waals surface area contributed by atoms with Crippen molar-refractivity contribution in [2.24, 2.45) is 0 Å². The molecule has 0 aromatic heterocycles. The second-order valence-electron chi connectivity index (χ2n) is 7.51. The Labute approximate surface area is 191 Å². The molecule has 0 bridgehead atoms. The fourth-order valence-corrected chi connectivity index (χ4v) is 4.36. The largest absolute Gasteiger partial charge is 0.452 e. The molecule has 2 aromatic rings. The summed E-state index contributed by atoms with van der Waals surface area (Å²) in [5.41, 5.74) is 0.775. The highest BCUT2D eigenvalue weighted by molar-refractivity contribution is 7.89. The molecule has 1 heterocycles. The number of ether oxygens (including phenoxy) is 1. The van der Waals surface area contributed by atoms with Crippen LogP contribution in [0.2, 0.25) is 0 Å². The number of nitrogens with one attached hydrogen (secondary N) is 2. The van der Waals surface area contributed by atoms with Gasteiger partial charge < -0.3 is 10.1 Å². The second kappa shape index (κ2) is 9.51. The molecular formula is C22H23N3O7S. The van der Waals surface area contributed by atoms with Crippen LogP contribution < -0.4 is 10.0 Å². The summed E-state index contributed by atoms with van der Waals surface area (Å²) in [6, 6.07) is 9.20.